The lowest BCUT2D eigenvalue weighted by Crippen LogP contribution is -2.60. The molecule has 1 aromatic rings. The Morgan fingerprint density at radius 1 is 1.05 bits per heavy atom. The third-order valence-electron chi connectivity index (χ3n) is 8.59. The number of carbonyl (C=O) groups excluding carboxylic acids is 4. The number of nitrogens with zero attached hydrogens (tertiary/aromatic N) is 2. The molecule has 9 nitrogen and oxygen atoms in total. The van der Waals surface area contributed by atoms with Gasteiger partial charge < -0.3 is 14.6 Å². The Kier molecular flexibility index (Phi) is 7.50. The first-order chi connectivity index (χ1) is 19.0. The second kappa shape index (κ2) is 10.4. The van der Waals surface area contributed by atoms with E-state index < -0.39 is 45.2 Å². The standard InChI is InChI=1S/C28H29BrCl2N2O7/c1-4-9-32-23(35)16-7-6-15-17(21(16)24(32)36)12-27(30)25(37)33(13-29)26(38)28(27,31)18(15)8-5-14-10-19(39-2)22(34)20(11-14)40-3/h5-6,8,10-11,16-18,21,34H,4,7,9,12-13H2,1-3H3/t16-,17+,18-,21-,27+,28-/m0/s1. The normalized spacial score (nSPS) is 33.3. The summed E-state index contributed by atoms with van der Waals surface area (Å²) in [5.74, 6) is -4.26. The van der Waals surface area contributed by atoms with Crippen molar-refractivity contribution in [2.24, 2.45) is 23.7 Å². The summed E-state index contributed by atoms with van der Waals surface area (Å²) in [6.07, 6.45) is 6.16. The van der Waals surface area contributed by atoms with Crippen LogP contribution >= 0.6 is 39.1 Å². The number of phenols is 1. The number of carbonyl (C=O) groups is 4. The molecule has 5 rings (SSSR count). The summed E-state index contributed by atoms with van der Waals surface area (Å²) >= 11 is 17.5. The van der Waals surface area contributed by atoms with Gasteiger partial charge >= 0.3 is 0 Å². The number of aromatic hydroxyl groups is 1. The van der Waals surface area contributed by atoms with Crippen LogP contribution in [-0.4, -0.2) is 74.5 Å². The molecule has 2 aliphatic heterocycles. The number of amides is 4. The first-order valence-corrected chi connectivity index (χ1v) is 14.9. The van der Waals surface area contributed by atoms with Crippen LogP contribution < -0.4 is 9.47 Å². The van der Waals surface area contributed by atoms with Gasteiger partial charge in [-0.3, -0.25) is 29.0 Å². The zero-order valence-electron chi connectivity index (χ0n) is 22.2. The molecule has 0 radical (unpaired) electrons. The van der Waals surface area contributed by atoms with Crippen molar-refractivity contribution < 1.29 is 33.8 Å². The molecular weight excluding hydrogens is 627 g/mol. The van der Waals surface area contributed by atoms with Crippen LogP contribution in [0.3, 0.4) is 0 Å². The summed E-state index contributed by atoms with van der Waals surface area (Å²) in [6.45, 7) is 2.22. The molecule has 4 amide bonds. The number of allylic oxidation sites excluding steroid dienone is 3. The number of fused-ring (bicyclic) bond motifs is 4. The van der Waals surface area contributed by atoms with Gasteiger partial charge in [-0.25, -0.2) is 0 Å². The van der Waals surface area contributed by atoms with Gasteiger partial charge in [0.1, 0.15) is 0 Å². The van der Waals surface area contributed by atoms with Crippen molar-refractivity contribution in [1.82, 2.24) is 9.80 Å². The lowest BCUT2D eigenvalue weighted by molar-refractivity contribution is -0.141. The van der Waals surface area contributed by atoms with Crippen LogP contribution in [-0.2, 0) is 19.2 Å². The number of phenolic OH excluding ortho intramolecular Hbond substituents is 1. The molecule has 0 spiro atoms. The molecule has 12 heteroatoms. The van der Waals surface area contributed by atoms with Crippen LogP contribution in [0, 0.1) is 23.7 Å². The average Bonchev–Trinajstić information content (AvgIpc) is 3.26. The molecule has 2 aliphatic carbocycles. The van der Waals surface area contributed by atoms with Crippen LogP contribution in [0.4, 0.5) is 0 Å². The van der Waals surface area contributed by atoms with Crippen LogP contribution in [0.15, 0.2) is 29.9 Å². The minimum Gasteiger partial charge on any atom is -0.502 e. The van der Waals surface area contributed by atoms with Crippen molar-refractivity contribution in [2.75, 3.05) is 26.2 Å². The third-order valence-corrected chi connectivity index (χ3v) is 10.5. The van der Waals surface area contributed by atoms with E-state index in [0.29, 0.717) is 30.5 Å². The number of hydrogen-bond donors (Lipinski definition) is 1. The highest BCUT2D eigenvalue weighted by atomic mass is 79.9. The summed E-state index contributed by atoms with van der Waals surface area (Å²) in [5, 5.41) is 10.3. The van der Waals surface area contributed by atoms with E-state index in [1.165, 1.54) is 19.1 Å². The Labute approximate surface area is 250 Å². The van der Waals surface area contributed by atoms with Crippen LogP contribution in [0.25, 0.3) is 6.08 Å². The number of alkyl halides is 3. The van der Waals surface area contributed by atoms with E-state index in [1.807, 2.05) is 13.0 Å². The largest absolute Gasteiger partial charge is 0.502 e. The maximum atomic E-state index is 13.7. The second-order valence-corrected chi connectivity index (χ2v) is 12.2. The van der Waals surface area contributed by atoms with Crippen molar-refractivity contribution in [3.8, 4) is 17.2 Å². The fourth-order valence-electron chi connectivity index (χ4n) is 6.73. The van der Waals surface area contributed by atoms with E-state index in [9.17, 15) is 24.3 Å². The number of ether oxygens (including phenoxy) is 2. The molecule has 40 heavy (non-hydrogen) atoms. The fourth-order valence-corrected chi connectivity index (χ4v) is 8.11. The van der Waals surface area contributed by atoms with Crippen molar-refractivity contribution in [2.45, 2.75) is 35.9 Å². The summed E-state index contributed by atoms with van der Waals surface area (Å²) in [5.41, 5.74) is 1.19. The van der Waals surface area contributed by atoms with Gasteiger partial charge in [-0.05, 0) is 42.9 Å². The van der Waals surface area contributed by atoms with Crippen LogP contribution in [0.2, 0.25) is 0 Å². The van der Waals surface area contributed by atoms with Gasteiger partial charge in [0, 0.05) is 12.5 Å². The first-order valence-electron chi connectivity index (χ1n) is 13.0. The Hall–Kier alpha value is -2.56. The molecule has 4 aliphatic rings. The zero-order chi connectivity index (χ0) is 29.1. The number of rotatable bonds is 7. The monoisotopic (exact) mass is 654 g/mol. The van der Waals surface area contributed by atoms with Crippen molar-refractivity contribution in [3.05, 3.63) is 35.4 Å². The summed E-state index contributed by atoms with van der Waals surface area (Å²) in [6, 6.07) is 3.17. The number of halogens is 3. The molecule has 2 heterocycles. The predicted octanol–water partition coefficient (Wildman–Crippen LogP) is 4.08. The average molecular weight is 656 g/mol. The molecule has 214 valence electrons. The SMILES string of the molecule is CCCN1C(=O)[C@H]2[C@H](CC=C3[C@H]2C[C@@]2(Cl)C(=O)N(CBr)C(=O)[C@@]2(Cl)[C@H]3C=Cc2cc(OC)c(O)c(OC)c2)C1=O. The van der Waals surface area contributed by atoms with Crippen LogP contribution in [0.5, 0.6) is 17.2 Å². The quantitative estimate of drug-likeness (QED) is 0.204. The highest BCUT2D eigenvalue weighted by Crippen LogP contribution is 2.63. The van der Waals surface area contributed by atoms with E-state index in [0.717, 1.165) is 4.90 Å². The van der Waals surface area contributed by atoms with E-state index >= 15 is 0 Å². The Balaban J connectivity index is 1.65. The smallest absolute Gasteiger partial charge is 0.254 e. The second-order valence-electron chi connectivity index (χ2n) is 10.5. The Bertz CT molecular complexity index is 1340. The molecule has 6 atom stereocenters. The number of hydrogen-bond acceptors (Lipinski definition) is 7. The fraction of sp³-hybridized carbons (Fsp3) is 0.500. The van der Waals surface area contributed by atoms with Gasteiger partial charge in [-0.1, -0.05) is 46.7 Å². The molecular formula is C28H29BrCl2N2O7. The van der Waals surface area contributed by atoms with Gasteiger partial charge in [-0.15, -0.1) is 23.2 Å². The summed E-state index contributed by atoms with van der Waals surface area (Å²) < 4.78 is 10.5. The van der Waals surface area contributed by atoms with Crippen LogP contribution in [0.1, 0.15) is 31.7 Å². The molecule has 1 saturated carbocycles. The minimum absolute atomic E-state index is 0.0523. The molecule has 1 N–H and O–H groups in total. The lowest BCUT2D eigenvalue weighted by atomic mass is 9.57. The summed E-state index contributed by atoms with van der Waals surface area (Å²) in [4.78, 5) is 52.6. The van der Waals surface area contributed by atoms with Gasteiger partial charge in [0.15, 0.2) is 21.2 Å². The molecule has 0 unspecified atom stereocenters. The number of imide groups is 2. The molecule has 0 bridgehead atoms. The Morgan fingerprint density at radius 2 is 1.70 bits per heavy atom. The summed E-state index contributed by atoms with van der Waals surface area (Å²) in [7, 11) is 2.82. The van der Waals surface area contributed by atoms with Gasteiger partial charge in [-0.2, -0.15) is 0 Å². The van der Waals surface area contributed by atoms with Gasteiger partial charge in [0.05, 0.1) is 31.5 Å². The molecule has 3 fully saturated rings. The topological polar surface area (TPSA) is 113 Å². The van der Waals surface area contributed by atoms with Crippen molar-refractivity contribution >= 4 is 68.8 Å². The predicted molar refractivity (Wildman–Crippen MR) is 151 cm³/mol. The van der Waals surface area contributed by atoms with E-state index in [-0.39, 0.29) is 40.9 Å². The number of likely N-dealkylation sites (tertiary alicyclic amines) is 2. The van der Waals surface area contributed by atoms with Gasteiger partial charge in [0.2, 0.25) is 17.6 Å². The highest BCUT2D eigenvalue weighted by molar-refractivity contribution is 9.09. The van der Waals surface area contributed by atoms with Crippen molar-refractivity contribution in [1.29, 1.82) is 0 Å². The molecule has 2 saturated heterocycles. The first kappa shape index (κ1) is 29.0. The van der Waals surface area contributed by atoms with E-state index in [1.54, 1.807) is 24.3 Å². The van der Waals surface area contributed by atoms with E-state index in [2.05, 4.69) is 15.9 Å². The maximum Gasteiger partial charge on any atom is 0.254 e. The molecule has 0 aromatic heterocycles. The maximum absolute atomic E-state index is 13.7. The van der Waals surface area contributed by atoms with E-state index in [4.69, 9.17) is 32.7 Å². The third kappa shape index (κ3) is 3.85. The lowest BCUT2D eigenvalue weighted by Gasteiger charge is -2.49. The Morgan fingerprint density at radius 3 is 2.27 bits per heavy atom. The number of benzene rings is 1. The minimum atomic E-state index is -1.87. The molecule has 1 aromatic carbocycles. The zero-order valence-corrected chi connectivity index (χ0v) is 25.3. The van der Waals surface area contributed by atoms with Gasteiger partial charge in [0.25, 0.3) is 11.8 Å². The van der Waals surface area contributed by atoms with Crippen molar-refractivity contribution in [3.63, 3.8) is 0 Å². The number of methoxy groups -OCH3 is 2. The highest BCUT2D eigenvalue weighted by Gasteiger charge is 2.75.